The third kappa shape index (κ3) is 6.14. The molecular formula is C24H27F2N3. The molecule has 0 radical (unpaired) electrons. The van der Waals surface area contributed by atoms with Gasteiger partial charge in [0, 0.05) is 0 Å². The van der Waals surface area contributed by atoms with E-state index < -0.39 is 11.6 Å². The van der Waals surface area contributed by atoms with Crippen molar-refractivity contribution >= 4 is 5.96 Å². The quantitative estimate of drug-likeness (QED) is 0.522. The van der Waals surface area contributed by atoms with Gasteiger partial charge in [-0.05, 0) is 37.1 Å². The van der Waals surface area contributed by atoms with Crippen molar-refractivity contribution in [2.75, 3.05) is 0 Å². The minimum Gasteiger partial charge on any atom is -0.347 e. The molecule has 152 valence electrons. The third-order valence-electron chi connectivity index (χ3n) is 4.59. The van der Waals surface area contributed by atoms with E-state index in [2.05, 4.69) is 53.9 Å². The van der Waals surface area contributed by atoms with Crippen molar-refractivity contribution < 1.29 is 8.78 Å². The SMILES string of the molecule is C/C=C(\C)[C@H]1NC(=NCc2ccc(F)c(F)c2)N[C@H]1c1ccccc1.C=CC=C. The molecule has 1 saturated heterocycles. The number of nitrogens with zero attached hydrogens (tertiary/aromatic N) is 1. The molecule has 2 aromatic rings. The molecule has 0 spiro atoms. The molecule has 1 fully saturated rings. The summed E-state index contributed by atoms with van der Waals surface area (Å²) >= 11 is 0. The Morgan fingerprint density at radius 2 is 1.72 bits per heavy atom. The number of nitrogens with one attached hydrogen (secondary N) is 2. The smallest absolute Gasteiger partial charge is 0.192 e. The molecule has 0 aliphatic carbocycles. The summed E-state index contributed by atoms with van der Waals surface area (Å²) in [6, 6.07) is 14.2. The van der Waals surface area contributed by atoms with E-state index in [1.54, 1.807) is 18.2 Å². The molecule has 2 N–H and O–H groups in total. The van der Waals surface area contributed by atoms with E-state index in [1.165, 1.54) is 17.2 Å². The molecule has 1 aliphatic rings. The molecule has 2 atom stereocenters. The molecule has 0 aromatic heterocycles. The van der Waals surface area contributed by atoms with Crippen LogP contribution in [0.25, 0.3) is 0 Å². The van der Waals surface area contributed by atoms with Crippen molar-refractivity contribution in [3.63, 3.8) is 0 Å². The Balaban J connectivity index is 0.000000687. The second-order valence-corrected chi connectivity index (χ2v) is 6.57. The standard InChI is InChI=1S/C20H21F2N3.C4H6/c1-3-13(2)18-19(15-7-5-4-6-8-15)25-20(24-18)23-12-14-9-10-16(21)17(22)11-14;1-3-4-2/h3-11,18-19H,12H2,1-2H3,(H2,23,24,25);3-4H,1-2H2/b13-3+;/t18-,19+;/m1./s1. The van der Waals surface area contributed by atoms with Gasteiger partial charge in [-0.1, -0.05) is 73.4 Å². The average Bonchev–Trinajstić information content (AvgIpc) is 3.19. The lowest BCUT2D eigenvalue weighted by Crippen LogP contribution is -2.29. The fourth-order valence-corrected chi connectivity index (χ4v) is 2.89. The van der Waals surface area contributed by atoms with Gasteiger partial charge >= 0.3 is 0 Å². The molecule has 5 heteroatoms. The molecule has 1 heterocycles. The van der Waals surface area contributed by atoms with Crippen LogP contribution in [0.5, 0.6) is 0 Å². The summed E-state index contributed by atoms with van der Waals surface area (Å²) in [5, 5.41) is 6.79. The minimum atomic E-state index is -0.852. The highest BCUT2D eigenvalue weighted by molar-refractivity contribution is 5.83. The van der Waals surface area contributed by atoms with Gasteiger partial charge in [-0.3, -0.25) is 0 Å². The van der Waals surface area contributed by atoms with Crippen LogP contribution in [0, 0.1) is 11.6 Å². The average molecular weight is 395 g/mol. The van der Waals surface area contributed by atoms with Crippen LogP contribution < -0.4 is 10.6 Å². The Labute approximate surface area is 171 Å². The van der Waals surface area contributed by atoms with Gasteiger partial charge in [0.2, 0.25) is 0 Å². The first-order chi connectivity index (χ1) is 14.0. The maximum Gasteiger partial charge on any atom is 0.192 e. The van der Waals surface area contributed by atoms with Crippen LogP contribution in [0.1, 0.15) is 31.0 Å². The predicted molar refractivity (Wildman–Crippen MR) is 117 cm³/mol. The highest BCUT2D eigenvalue weighted by atomic mass is 19.2. The summed E-state index contributed by atoms with van der Waals surface area (Å²) in [5.41, 5.74) is 3.00. The Hall–Kier alpha value is -3.21. The number of allylic oxidation sites excluding steroid dienone is 3. The molecule has 2 aromatic carbocycles. The summed E-state index contributed by atoms with van der Waals surface area (Å²) in [7, 11) is 0. The molecule has 0 amide bonds. The highest BCUT2D eigenvalue weighted by Gasteiger charge is 2.32. The number of guanidine groups is 1. The van der Waals surface area contributed by atoms with Gasteiger partial charge in [0.25, 0.3) is 0 Å². The first kappa shape index (κ1) is 22.1. The van der Waals surface area contributed by atoms with E-state index in [0.717, 1.165) is 6.07 Å². The third-order valence-corrected chi connectivity index (χ3v) is 4.59. The van der Waals surface area contributed by atoms with Gasteiger partial charge in [0.15, 0.2) is 17.6 Å². The minimum absolute atomic E-state index is 0.0705. The van der Waals surface area contributed by atoms with Crippen LogP contribution in [0.4, 0.5) is 8.78 Å². The zero-order chi connectivity index (χ0) is 21.2. The molecule has 1 aliphatic heterocycles. The molecule has 3 nitrogen and oxygen atoms in total. The number of benzene rings is 2. The molecule has 3 rings (SSSR count). The Kier molecular flexibility index (Phi) is 8.34. The first-order valence-corrected chi connectivity index (χ1v) is 9.42. The van der Waals surface area contributed by atoms with Gasteiger partial charge in [0.1, 0.15) is 0 Å². The number of hydrogen-bond acceptors (Lipinski definition) is 1. The largest absolute Gasteiger partial charge is 0.347 e. The van der Waals surface area contributed by atoms with Gasteiger partial charge in [-0.15, -0.1) is 0 Å². The zero-order valence-electron chi connectivity index (χ0n) is 16.8. The van der Waals surface area contributed by atoms with Crippen molar-refractivity contribution in [2.24, 2.45) is 4.99 Å². The lowest BCUT2D eigenvalue weighted by atomic mass is 9.96. The van der Waals surface area contributed by atoms with Gasteiger partial charge in [-0.2, -0.15) is 0 Å². The van der Waals surface area contributed by atoms with Gasteiger partial charge in [-0.25, -0.2) is 13.8 Å². The Morgan fingerprint density at radius 1 is 1.03 bits per heavy atom. The number of halogens is 2. The van der Waals surface area contributed by atoms with Crippen molar-refractivity contribution in [2.45, 2.75) is 32.5 Å². The molecule has 0 saturated carbocycles. The van der Waals surface area contributed by atoms with E-state index in [0.29, 0.717) is 11.5 Å². The van der Waals surface area contributed by atoms with Crippen molar-refractivity contribution in [3.8, 4) is 0 Å². The van der Waals surface area contributed by atoms with Gasteiger partial charge in [0.05, 0.1) is 18.6 Å². The van der Waals surface area contributed by atoms with Crippen molar-refractivity contribution in [3.05, 3.63) is 108 Å². The molecular weight excluding hydrogens is 368 g/mol. The van der Waals surface area contributed by atoms with E-state index >= 15 is 0 Å². The predicted octanol–water partition coefficient (Wildman–Crippen LogP) is 5.45. The fourth-order valence-electron chi connectivity index (χ4n) is 2.89. The van der Waals surface area contributed by atoms with Crippen LogP contribution >= 0.6 is 0 Å². The van der Waals surface area contributed by atoms with Crippen LogP contribution in [0.2, 0.25) is 0 Å². The number of rotatable bonds is 5. The summed E-state index contributed by atoms with van der Waals surface area (Å²) in [6.07, 6.45) is 5.35. The van der Waals surface area contributed by atoms with Crippen LogP contribution in [0.15, 0.2) is 90.5 Å². The zero-order valence-corrected chi connectivity index (χ0v) is 16.8. The molecule has 0 bridgehead atoms. The summed E-state index contributed by atoms with van der Waals surface area (Å²) in [4.78, 5) is 4.48. The Morgan fingerprint density at radius 3 is 2.31 bits per heavy atom. The van der Waals surface area contributed by atoms with E-state index in [9.17, 15) is 8.78 Å². The first-order valence-electron chi connectivity index (χ1n) is 9.42. The van der Waals surface area contributed by atoms with E-state index in [4.69, 9.17) is 0 Å². The van der Waals surface area contributed by atoms with Crippen molar-refractivity contribution in [1.29, 1.82) is 0 Å². The van der Waals surface area contributed by atoms with Crippen LogP contribution in [0.3, 0.4) is 0 Å². The number of hydrogen-bond donors (Lipinski definition) is 2. The fraction of sp³-hybridized carbons (Fsp3) is 0.208. The number of aliphatic imine (C=N–C) groups is 1. The van der Waals surface area contributed by atoms with Gasteiger partial charge < -0.3 is 10.6 Å². The maximum atomic E-state index is 13.3. The molecule has 29 heavy (non-hydrogen) atoms. The van der Waals surface area contributed by atoms with Crippen LogP contribution in [-0.4, -0.2) is 12.0 Å². The molecule has 0 unspecified atom stereocenters. The summed E-state index contributed by atoms with van der Waals surface area (Å²) in [5.74, 6) is -1.04. The highest BCUT2D eigenvalue weighted by Crippen LogP contribution is 2.25. The summed E-state index contributed by atoms with van der Waals surface area (Å²) < 4.78 is 26.3. The van der Waals surface area contributed by atoms with Crippen LogP contribution in [-0.2, 0) is 6.54 Å². The van der Waals surface area contributed by atoms with Crippen molar-refractivity contribution in [1.82, 2.24) is 10.6 Å². The van der Waals surface area contributed by atoms with E-state index in [-0.39, 0.29) is 18.6 Å². The monoisotopic (exact) mass is 395 g/mol. The lowest BCUT2D eigenvalue weighted by Gasteiger charge is -2.19. The lowest BCUT2D eigenvalue weighted by molar-refractivity contribution is 0.507. The topological polar surface area (TPSA) is 36.4 Å². The van der Waals surface area contributed by atoms with E-state index in [1.807, 2.05) is 25.1 Å². The summed E-state index contributed by atoms with van der Waals surface area (Å²) in [6.45, 7) is 11.1. The maximum absolute atomic E-state index is 13.3. The Bertz CT molecular complexity index is 882. The normalized spacial score (nSPS) is 19.6. The second kappa shape index (κ2) is 11.0. The second-order valence-electron chi connectivity index (χ2n) is 6.57.